The first-order valence-corrected chi connectivity index (χ1v) is 8.40. The Morgan fingerprint density at radius 3 is 2.48 bits per heavy atom. The van der Waals surface area contributed by atoms with Gasteiger partial charge in [0.2, 0.25) is 5.91 Å². The van der Waals surface area contributed by atoms with E-state index in [9.17, 15) is 14.3 Å². The minimum absolute atomic E-state index is 0.0974. The zero-order valence-corrected chi connectivity index (χ0v) is 14.3. The second-order valence-electron chi connectivity index (χ2n) is 5.95. The average Bonchev–Trinajstić information content (AvgIpc) is 2.59. The van der Waals surface area contributed by atoms with Crippen LogP contribution in [0.4, 0.5) is 15.8 Å². The summed E-state index contributed by atoms with van der Waals surface area (Å²) >= 11 is 5.83. The topological polar surface area (TPSA) is 55.8 Å². The van der Waals surface area contributed by atoms with Gasteiger partial charge in [-0.05, 0) is 42.5 Å². The van der Waals surface area contributed by atoms with Gasteiger partial charge in [-0.15, -0.1) is 0 Å². The number of nitrogens with one attached hydrogen (secondary N) is 1. The van der Waals surface area contributed by atoms with Crippen molar-refractivity contribution in [3.05, 3.63) is 53.3 Å². The van der Waals surface area contributed by atoms with E-state index >= 15 is 0 Å². The number of piperazine rings is 1. The van der Waals surface area contributed by atoms with Crippen LogP contribution in [0, 0.1) is 5.82 Å². The molecular weight excluding hydrogens is 345 g/mol. The molecule has 1 aliphatic heterocycles. The fraction of sp³-hybridized carbons (Fsp3) is 0.278. The molecule has 0 atom stereocenters. The number of carbonyl (C=O) groups excluding carboxylic acids is 1. The van der Waals surface area contributed by atoms with Crippen LogP contribution in [0.5, 0.6) is 5.75 Å². The Hall–Kier alpha value is -2.31. The van der Waals surface area contributed by atoms with Crippen LogP contribution in [0.25, 0.3) is 0 Å². The Bertz CT molecular complexity index is 746. The summed E-state index contributed by atoms with van der Waals surface area (Å²) in [4.78, 5) is 16.4. The van der Waals surface area contributed by atoms with Gasteiger partial charge in [-0.3, -0.25) is 9.69 Å². The molecule has 0 radical (unpaired) electrons. The van der Waals surface area contributed by atoms with Gasteiger partial charge < -0.3 is 15.3 Å². The van der Waals surface area contributed by atoms with Crippen molar-refractivity contribution in [1.82, 2.24) is 4.90 Å². The van der Waals surface area contributed by atoms with Gasteiger partial charge in [0.05, 0.1) is 12.2 Å². The number of phenolic OH excluding ortho intramolecular Hbond substituents is 1. The molecule has 2 N–H and O–H groups in total. The molecule has 2 aromatic carbocycles. The molecule has 1 saturated heterocycles. The number of amides is 1. The zero-order chi connectivity index (χ0) is 17.8. The molecule has 1 fully saturated rings. The van der Waals surface area contributed by atoms with Gasteiger partial charge in [0.25, 0.3) is 0 Å². The van der Waals surface area contributed by atoms with Crippen molar-refractivity contribution in [2.45, 2.75) is 0 Å². The van der Waals surface area contributed by atoms with Crippen LogP contribution in [-0.4, -0.2) is 48.6 Å². The quantitative estimate of drug-likeness (QED) is 0.877. The number of carbonyl (C=O) groups is 1. The second-order valence-corrected chi connectivity index (χ2v) is 6.39. The highest BCUT2D eigenvalue weighted by molar-refractivity contribution is 6.30. The van der Waals surface area contributed by atoms with E-state index in [4.69, 9.17) is 11.6 Å². The van der Waals surface area contributed by atoms with Gasteiger partial charge >= 0.3 is 0 Å². The van der Waals surface area contributed by atoms with Gasteiger partial charge in [-0.25, -0.2) is 4.39 Å². The summed E-state index contributed by atoms with van der Waals surface area (Å²) in [6, 6.07) is 11.1. The SMILES string of the molecule is O=C(CN1CCN(c2ccc(O)cc2)CC1)Nc1cc(Cl)ccc1F. The van der Waals surface area contributed by atoms with E-state index in [2.05, 4.69) is 10.2 Å². The number of hydrogen-bond acceptors (Lipinski definition) is 4. The van der Waals surface area contributed by atoms with Crippen LogP contribution in [-0.2, 0) is 4.79 Å². The minimum atomic E-state index is -0.505. The molecule has 0 spiro atoms. The highest BCUT2D eigenvalue weighted by Crippen LogP contribution is 2.21. The Balaban J connectivity index is 1.51. The summed E-state index contributed by atoms with van der Waals surface area (Å²) in [5, 5.41) is 12.3. The number of rotatable bonds is 4. The van der Waals surface area contributed by atoms with E-state index < -0.39 is 5.82 Å². The van der Waals surface area contributed by atoms with Gasteiger partial charge in [0.1, 0.15) is 11.6 Å². The number of phenols is 1. The van der Waals surface area contributed by atoms with Crippen molar-refractivity contribution in [2.75, 3.05) is 42.9 Å². The maximum atomic E-state index is 13.7. The van der Waals surface area contributed by atoms with Crippen LogP contribution in [0.2, 0.25) is 5.02 Å². The smallest absolute Gasteiger partial charge is 0.238 e. The third-order valence-electron chi connectivity index (χ3n) is 4.16. The minimum Gasteiger partial charge on any atom is -0.508 e. The number of benzene rings is 2. The number of aromatic hydroxyl groups is 1. The van der Waals surface area contributed by atoms with Crippen molar-refractivity contribution >= 4 is 28.9 Å². The third-order valence-corrected chi connectivity index (χ3v) is 4.39. The Labute approximate surface area is 150 Å². The molecule has 0 aromatic heterocycles. The monoisotopic (exact) mass is 363 g/mol. The summed E-state index contributed by atoms with van der Waals surface area (Å²) < 4.78 is 13.7. The van der Waals surface area contributed by atoms with E-state index in [0.29, 0.717) is 5.02 Å². The molecule has 0 unspecified atom stereocenters. The summed E-state index contributed by atoms with van der Waals surface area (Å²) in [6.07, 6.45) is 0. The molecule has 3 rings (SSSR count). The lowest BCUT2D eigenvalue weighted by atomic mass is 10.2. The largest absolute Gasteiger partial charge is 0.508 e. The molecule has 1 amide bonds. The molecule has 2 aromatic rings. The average molecular weight is 364 g/mol. The maximum absolute atomic E-state index is 13.7. The van der Waals surface area contributed by atoms with Crippen LogP contribution >= 0.6 is 11.6 Å². The molecular formula is C18H19ClFN3O2. The first kappa shape index (κ1) is 17.5. The lowest BCUT2D eigenvalue weighted by Crippen LogP contribution is -2.48. The summed E-state index contributed by atoms with van der Waals surface area (Å²) in [5.41, 5.74) is 1.14. The molecule has 0 aliphatic carbocycles. The number of hydrogen-bond donors (Lipinski definition) is 2. The Morgan fingerprint density at radius 2 is 1.80 bits per heavy atom. The maximum Gasteiger partial charge on any atom is 0.238 e. The summed E-state index contributed by atoms with van der Waals surface area (Å²) in [7, 11) is 0. The summed E-state index contributed by atoms with van der Waals surface area (Å²) in [6.45, 7) is 3.22. The first-order chi connectivity index (χ1) is 12.0. The van der Waals surface area contributed by atoms with Crippen molar-refractivity contribution in [3.8, 4) is 5.75 Å². The molecule has 0 bridgehead atoms. The molecule has 132 valence electrons. The van der Waals surface area contributed by atoms with E-state index in [1.54, 1.807) is 12.1 Å². The van der Waals surface area contributed by atoms with E-state index in [-0.39, 0.29) is 23.9 Å². The molecule has 1 aliphatic rings. The van der Waals surface area contributed by atoms with E-state index in [1.807, 2.05) is 17.0 Å². The fourth-order valence-electron chi connectivity index (χ4n) is 2.81. The second kappa shape index (κ2) is 7.72. The van der Waals surface area contributed by atoms with Crippen LogP contribution in [0.1, 0.15) is 0 Å². The van der Waals surface area contributed by atoms with Crippen molar-refractivity contribution in [1.29, 1.82) is 0 Å². The van der Waals surface area contributed by atoms with Crippen molar-refractivity contribution in [2.24, 2.45) is 0 Å². The van der Waals surface area contributed by atoms with Crippen LogP contribution in [0.3, 0.4) is 0 Å². The number of halogens is 2. The predicted octanol–water partition coefficient (Wildman–Crippen LogP) is 2.95. The Kier molecular flexibility index (Phi) is 5.40. The number of anilines is 2. The fourth-order valence-corrected chi connectivity index (χ4v) is 2.99. The van der Waals surface area contributed by atoms with Gasteiger partial charge in [0, 0.05) is 36.9 Å². The van der Waals surface area contributed by atoms with Crippen LogP contribution in [0.15, 0.2) is 42.5 Å². The summed E-state index contributed by atoms with van der Waals surface area (Å²) in [5.74, 6) is -0.526. The Morgan fingerprint density at radius 1 is 1.12 bits per heavy atom. The molecule has 5 nitrogen and oxygen atoms in total. The van der Waals surface area contributed by atoms with E-state index in [1.165, 1.54) is 18.2 Å². The van der Waals surface area contributed by atoms with Crippen LogP contribution < -0.4 is 10.2 Å². The predicted molar refractivity (Wildman–Crippen MR) is 96.8 cm³/mol. The normalized spacial score (nSPS) is 15.2. The molecule has 25 heavy (non-hydrogen) atoms. The highest BCUT2D eigenvalue weighted by Gasteiger charge is 2.19. The van der Waals surface area contributed by atoms with Gasteiger partial charge in [-0.2, -0.15) is 0 Å². The highest BCUT2D eigenvalue weighted by atomic mass is 35.5. The molecule has 1 heterocycles. The lowest BCUT2D eigenvalue weighted by Gasteiger charge is -2.35. The van der Waals surface area contributed by atoms with Gasteiger partial charge in [-0.1, -0.05) is 11.6 Å². The molecule has 7 heteroatoms. The van der Waals surface area contributed by atoms with Gasteiger partial charge in [0.15, 0.2) is 0 Å². The van der Waals surface area contributed by atoms with E-state index in [0.717, 1.165) is 31.9 Å². The molecule has 0 saturated carbocycles. The lowest BCUT2D eigenvalue weighted by molar-refractivity contribution is -0.117. The van der Waals surface area contributed by atoms with Crippen molar-refractivity contribution in [3.63, 3.8) is 0 Å². The third kappa shape index (κ3) is 4.61. The standard InChI is InChI=1S/C18H19ClFN3O2/c19-13-1-6-16(20)17(11-13)21-18(25)12-22-7-9-23(10-8-22)14-2-4-15(24)5-3-14/h1-6,11,24H,7-10,12H2,(H,21,25). The van der Waals surface area contributed by atoms with Crippen molar-refractivity contribution < 1.29 is 14.3 Å². The first-order valence-electron chi connectivity index (χ1n) is 8.02. The number of nitrogens with zero attached hydrogens (tertiary/aromatic N) is 2. The zero-order valence-electron chi connectivity index (χ0n) is 13.6.